The first kappa shape index (κ1) is 16.4. The average molecular weight is 361 g/mol. The molecule has 126 valence electrons. The summed E-state index contributed by atoms with van der Waals surface area (Å²) in [6.07, 6.45) is 3.30. The van der Waals surface area contributed by atoms with E-state index in [2.05, 4.69) is 4.98 Å². The maximum absolute atomic E-state index is 14.0. The van der Waals surface area contributed by atoms with E-state index in [0.29, 0.717) is 11.1 Å². The van der Waals surface area contributed by atoms with Crippen molar-refractivity contribution in [2.45, 2.75) is 0 Å². The van der Waals surface area contributed by atoms with Gasteiger partial charge in [0.25, 0.3) is 0 Å². The first-order valence-corrected chi connectivity index (χ1v) is 8.52. The molecule has 0 saturated heterocycles. The van der Waals surface area contributed by atoms with Gasteiger partial charge in [0.2, 0.25) is 0 Å². The molecule has 26 heavy (non-hydrogen) atoms. The molecule has 4 heteroatoms. The number of hydrogen-bond acceptors (Lipinski definition) is 2. The third-order valence-corrected chi connectivity index (χ3v) is 4.40. The standard InChI is InChI=1S/C22H14ClFN2/c23-19-11-17-13-25-14-21(18(17)12-20(19)24)26-22(15-7-3-1-4-8-15)16-9-5-2-6-10-16/h1-14H. The van der Waals surface area contributed by atoms with E-state index in [1.165, 1.54) is 6.07 Å². The molecule has 0 radical (unpaired) electrons. The summed E-state index contributed by atoms with van der Waals surface area (Å²) in [7, 11) is 0. The first-order valence-electron chi connectivity index (χ1n) is 8.14. The fourth-order valence-electron chi connectivity index (χ4n) is 2.85. The van der Waals surface area contributed by atoms with Gasteiger partial charge in [-0.25, -0.2) is 9.38 Å². The zero-order valence-corrected chi connectivity index (χ0v) is 14.5. The van der Waals surface area contributed by atoms with E-state index in [4.69, 9.17) is 16.6 Å². The maximum Gasteiger partial charge on any atom is 0.142 e. The van der Waals surface area contributed by atoms with Gasteiger partial charge in [-0.3, -0.25) is 4.98 Å². The van der Waals surface area contributed by atoms with E-state index in [0.717, 1.165) is 22.2 Å². The smallest absolute Gasteiger partial charge is 0.142 e. The van der Waals surface area contributed by atoms with Crippen LogP contribution >= 0.6 is 11.6 Å². The lowest BCUT2D eigenvalue weighted by Crippen LogP contribution is -2.02. The lowest BCUT2D eigenvalue weighted by atomic mass is 10.0. The quantitative estimate of drug-likeness (QED) is 0.399. The molecule has 1 heterocycles. The summed E-state index contributed by atoms with van der Waals surface area (Å²) >= 11 is 5.90. The molecule has 0 atom stereocenters. The molecule has 4 aromatic rings. The Bertz CT molecular complexity index is 1050. The van der Waals surface area contributed by atoms with Crippen LogP contribution in [-0.4, -0.2) is 10.7 Å². The van der Waals surface area contributed by atoms with Crippen molar-refractivity contribution in [3.63, 3.8) is 0 Å². The van der Waals surface area contributed by atoms with Crippen LogP contribution in [0.4, 0.5) is 10.1 Å². The third-order valence-electron chi connectivity index (χ3n) is 4.11. The van der Waals surface area contributed by atoms with Crippen LogP contribution in [0.2, 0.25) is 5.02 Å². The zero-order chi connectivity index (χ0) is 17.9. The second-order valence-corrected chi connectivity index (χ2v) is 6.25. The van der Waals surface area contributed by atoms with Gasteiger partial charge in [0.05, 0.1) is 22.6 Å². The average Bonchev–Trinajstić information content (AvgIpc) is 2.68. The van der Waals surface area contributed by atoms with Gasteiger partial charge in [-0.15, -0.1) is 0 Å². The van der Waals surface area contributed by atoms with Gasteiger partial charge in [0, 0.05) is 28.1 Å². The van der Waals surface area contributed by atoms with Crippen LogP contribution in [-0.2, 0) is 0 Å². The monoisotopic (exact) mass is 360 g/mol. The van der Waals surface area contributed by atoms with Crippen LogP contribution in [0.15, 0.2) is 90.2 Å². The molecule has 0 aliphatic carbocycles. The normalized spacial score (nSPS) is 10.7. The van der Waals surface area contributed by atoms with Gasteiger partial charge >= 0.3 is 0 Å². The topological polar surface area (TPSA) is 25.2 Å². The molecule has 0 aliphatic heterocycles. The predicted octanol–water partition coefficient (Wildman–Crippen LogP) is 6.20. The van der Waals surface area contributed by atoms with E-state index < -0.39 is 5.82 Å². The Morgan fingerprint density at radius 3 is 2.08 bits per heavy atom. The highest BCUT2D eigenvalue weighted by Crippen LogP contribution is 2.30. The summed E-state index contributed by atoms with van der Waals surface area (Å²) in [5.41, 5.74) is 3.35. The fourth-order valence-corrected chi connectivity index (χ4v) is 3.02. The van der Waals surface area contributed by atoms with Crippen LogP contribution < -0.4 is 0 Å². The predicted molar refractivity (Wildman–Crippen MR) is 105 cm³/mol. The number of hydrogen-bond donors (Lipinski definition) is 0. The molecule has 0 bridgehead atoms. The highest BCUT2D eigenvalue weighted by atomic mass is 35.5. The highest BCUT2D eigenvalue weighted by Gasteiger charge is 2.10. The number of halogens is 2. The molecule has 3 aromatic carbocycles. The molecular weight excluding hydrogens is 347 g/mol. The summed E-state index contributed by atoms with van der Waals surface area (Å²) in [5.74, 6) is -0.470. The summed E-state index contributed by atoms with van der Waals surface area (Å²) in [6.45, 7) is 0. The van der Waals surface area contributed by atoms with E-state index in [-0.39, 0.29) is 5.02 Å². The molecule has 0 saturated carbocycles. The number of nitrogens with zero attached hydrogens (tertiary/aromatic N) is 2. The van der Waals surface area contributed by atoms with Gasteiger partial charge in [-0.05, 0) is 12.1 Å². The van der Waals surface area contributed by atoms with E-state index in [1.807, 2.05) is 60.7 Å². The zero-order valence-electron chi connectivity index (χ0n) is 13.7. The molecular formula is C22H14ClFN2. The molecule has 1 aromatic heterocycles. The van der Waals surface area contributed by atoms with Crippen molar-refractivity contribution in [1.82, 2.24) is 4.98 Å². The van der Waals surface area contributed by atoms with Crippen LogP contribution in [0.25, 0.3) is 10.8 Å². The van der Waals surface area contributed by atoms with Gasteiger partial charge in [-0.2, -0.15) is 0 Å². The number of benzene rings is 3. The first-order chi connectivity index (χ1) is 12.7. The molecule has 2 nitrogen and oxygen atoms in total. The van der Waals surface area contributed by atoms with Crippen LogP contribution in [0.3, 0.4) is 0 Å². The number of pyridine rings is 1. The van der Waals surface area contributed by atoms with E-state index in [1.54, 1.807) is 18.5 Å². The van der Waals surface area contributed by atoms with Gasteiger partial charge in [-0.1, -0.05) is 72.3 Å². The molecule has 0 amide bonds. The summed E-state index contributed by atoms with van der Waals surface area (Å²) in [5, 5.41) is 1.50. The minimum atomic E-state index is -0.470. The molecule has 0 fully saturated rings. The van der Waals surface area contributed by atoms with Gasteiger partial charge < -0.3 is 0 Å². The Kier molecular flexibility index (Phi) is 4.46. The number of aromatic nitrogens is 1. The van der Waals surface area contributed by atoms with Crippen LogP contribution in [0.5, 0.6) is 0 Å². The minimum Gasteiger partial charge on any atom is -0.262 e. The SMILES string of the molecule is Fc1cc2c(N=C(c3ccccc3)c3ccccc3)cncc2cc1Cl. The van der Waals surface area contributed by atoms with Gasteiger partial charge in [0.1, 0.15) is 5.82 Å². The minimum absolute atomic E-state index is 0.0757. The summed E-state index contributed by atoms with van der Waals surface area (Å²) < 4.78 is 14.0. The largest absolute Gasteiger partial charge is 0.262 e. The van der Waals surface area contributed by atoms with E-state index >= 15 is 0 Å². The Hall–Kier alpha value is -3.04. The number of fused-ring (bicyclic) bond motifs is 1. The molecule has 0 N–H and O–H groups in total. The van der Waals surface area contributed by atoms with Gasteiger partial charge in [0.15, 0.2) is 0 Å². The lowest BCUT2D eigenvalue weighted by Gasteiger charge is -2.09. The maximum atomic E-state index is 14.0. The number of rotatable bonds is 3. The Labute approximate surface area is 155 Å². The van der Waals surface area contributed by atoms with Crippen molar-refractivity contribution in [1.29, 1.82) is 0 Å². The highest BCUT2D eigenvalue weighted by molar-refractivity contribution is 6.31. The summed E-state index contributed by atoms with van der Waals surface area (Å²) in [4.78, 5) is 9.08. The van der Waals surface area contributed by atoms with Crippen molar-refractivity contribution in [3.8, 4) is 0 Å². The van der Waals surface area contributed by atoms with Crippen molar-refractivity contribution < 1.29 is 4.39 Å². The fraction of sp³-hybridized carbons (Fsp3) is 0. The van der Waals surface area contributed by atoms with Crippen LogP contribution in [0.1, 0.15) is 11.1 Å². The van der Waals surface area contributed by atoms with Crippen molar-refractivity contribution in [2.75, 3.05) is 0 Å². The van der Waals surface area contributed by atoms with E-state index in [9.17, 15) is 4.39 Å². The molecule has 0 aliphatic rings. The molecule has 0 unspecified atom stereocenters. The third kappa shape index (κ3) is 3.22. The Morgan fingerprint density at radius 1 is 0.846 bits per heavy atom. The van der Waals surface area contributed by atoms with Crippen molar-refractivity contribution in [2.24, 2.45) is 4.99 Å². The lowest BCUT2D eigenvalue weighted by molar-refractivity contribution is 0.630. The Morgan fingerprint density at radius 2 is 1.46 bits per heavy atom. The second kappa shape index (κ2) is 7.06. The number of aliphatic imine (C=N–C) groups is 1. The van der Waals surface area contributed by atoms with Crippen LogP contribution in [0, 0.1) is 5.82 Å². The summed E-state index contributed by atoms with van der Waals surface area (Å²) in [6, 6.07) is 22.8. The van der Waals surface area contributed by atoms with Crippen molar-refractivity contribution >= 4 is 33.8 Å². The molecule has 0 spiro atoms. The van der Waals surface area contributed by atoms with Crippen molar-refractivity contribution in [3.05, 3.63) is 107 Å². The molecule has 4 rings (SSSR count). The Balaban J connectivity index is 1.96. The second-order valence-electron chi connectivity index (χ2n) is 5.84.